The molecule has 1 N–H and O–H groups in total. The van der Waals surface area contributed by atoms with Crippen LogP contribution in [0.2, 0.25) is 0 Å². The van der Waals surface area contributed by atoms with Crippen LogP contribution in [0.5, 0.6) is 5.75 Å². The molecule has 2 unspecified atom stereocenters. The van der Waals surface area contributed by atoms with Gasteiger partial charge in [-0.05, 0) is 69.3 Å². The normalized spacial score (nSPS) is 22.9. The van der Waals surface area contributed by atoms with Crippen molar-refractivity contribution in [3.05, 3.63) is 18.2 Å². The summed E-state index contributed by atoms with van der Waals surface area (Å²) in [5.41, 5.74) is 0.995. The molecule has 3 heterocycles. The van der Waals surface area contributed by atoms with Gasteiger partial charge in [-0.2, -0.15) is 0 Å². The van der Waals surface area contributed by atoms with Gasteiger partial charge in [-0.15, -0.1) is 0 Å². The van der Waals surface area contributed by atoms with E-state index in [0.29, 0.717) is 0 Å². The van der Waals surface area contributed by atoms with Crippen molar-refractivity contribution in [3.8, 4) is 5.75 Å². The van der Waals surface area contributed by atoms with Gasteiger partial charge in [0, 0.05) is 26.2 Å². The van der Waals surface area contributed by atoms with Crippen LogP contribution < -0.4 is 15.0 Å². The van der Waals surface area contributed by atoms with Crippen LogP contribution in [-0.2, 0) is 4.79 Å². The Labute approximate surface area is 183 Å². The number of hydrogen-bond acceptors (Lipinski definition) is 6. The highest BCUT2D eigenvalue weighted by molar-refractivity contribution is 7.22. The number of methoxy groups -OCH3 is 1. The second-order valence-electron chi connectivity index (χ2n) is 8.81. The van der Waals surface area contributed by atoms with Crippen molar-refractivity contribution < 1.29 is 9.53 Å². The molecule has 2 aliphatic heterocycles. The molecular weight excluding hydrogens is 396 g/mol. The molecule has 2 aliphatic rings. The molecule has 1 amide bonds. The standard InChI is InChI=1S/C23H34N4O2S/c1-17-6-3-11-26(15-17)12-5-10-24-22(28)18-7-4-13-27(16-18)23-25-20-9-8-19(29-2)14-21(20)30-23/h8-9,14,17-18H,3-7,10-13,15-16H2,1-2H3,(H,24,28). The van der Waals surface area contributed by atoms with E-state index < -0.39 is 0 Å². The van der Waals surface area contributed by atoms with Gasteiger partial charge in [0.15, 0.2) is 5.13 Å². The van der Waals surface area contributed by atoms with Crippen molar-refractivity contribution in [2.24, 2.45) is 11.8 Å². The first kappa shape index (κ1) is 21.4. The van der Waals surface area contributed by atoms with E-state index in [1.54, 1.807) is 18.4 Å². The van der Waals surface area contributed by atoms with Gasteiger partial charge in [-0.1, -0.05) is 18.3 Å². The number of ether oxygens (including phenoxy) is 1. The molecule has 2 fully saturated rings. The summed E-state index contributed by atoms with van der Waals surface area (Å²) in [5.74, 6) is 1.92. The smallest absolute Gasteiger partial charge is 0.224 e. The SMILES string of the molecule is COc1ccc2nc(N3CCCC(C(=O)NCCCN4CCCC(C)C4)C3)sc2c1. The van der Waals surface area contributed by atoms with Crippen molar-refractivity contribution in [2.75, 3.05) is 51.3 Å². The van der Waals surface area contributed by atoms with Crippen LogP contribution in [0.15, 0.2) is 18.2 Å². The fourth-order valence-corrected chi connectivity index (χ4v) is 5.70. The van der Waals surface area contributed by atoms with Gasteiger partial charge in [0.25, 0.3) is 0 Å². The number of nitrogens with zero attached hydrogens (tertiary/aromatic N) is 3. The Bertz CT molecular complexity index is 855. The van der Waals surface area contributed by atoms with Crippen LogP contribution in [0.25, 0.3) is 10.2 Å². The molecule has 30 heavy (non-hydrogen) atoms. The third kappa shape index (κ3) is 5.24. The van der Waals surface area contributed by atoms with E-state index in [0.717, 1.165) is 72.5 Å². The zero-order valence-electron chi connectivity index (χ0n) is 18.2. The fraction of sp³-hybridized carbons (Fsp3) is 0.652. The number of carbonyl (C=O) groups is 1. The number of hydrogen-bond donors (Lipinski definition) is 1. The summed E-state index contributed by atoms with van der Waals surface area (Å²) in [4.78, 5) is 22.4. The Morgan fingerprint density at radius 1 is 1.27 bits per heavy atom. The van der Waals surface area contributed by atoms with Gasteiger partial charge < -0.3 is 19.9 Å². The second-order valence-corrected chi connectivity index (χ2v) is 9.82. The minimum atomic E-state index is 0.0512. The van der Waals surface area contributed by atoms with Gasteiger partial charge >= 0.3 is 0 Å². The van der Waals surface area contributed by atoms with E-state index in [9.17, 15) is 4.79 Å². The predicted molar refractivity (Wildman–Crippen MR) is 124 cm³/mol. The largest absolute Gasteiger partial charge is 0.497 e. The Balaban J connectivity index is 1.26. The van der Waals surface area contributed by atoms with E-state index >= 15 is 0 Å². The topological polar surface area (TPSA) is 57.7 Å². The molecule has 0 bridgehead atoms. The molecule has 1 aromatic heterocycles. The summed E-state index contributed by atoms with van der Waals surface area (Å²) < 4.78 is 6.45. The summed E-state index contributed by atoms with van der Waals surface area (Å²) in [6.07, 6.45) is 5.69. The maximum absolute atomic E-state index is 12.7. The molecule has 2 aromatic rings. The number of fused-ring (bicyclic) bond motifs is 1. The zero-order chi connectivity index (χ0) is 20.9. The number of aromatic nitrogens is 1. The van der Waals surface area contributed by atoms with Crippen molar-refractivity contribution in [3.63, 3.8) is 0 Å². The molecular formula is C23H34N4O2S. The van der Waals surface area contributed by atoms with E-state index in [1.165, 1.54) is 25.9 Å². The predicted octanol–water partition coefficient (Wildman–Crippen LogP) is 3.76. The van der Waals surface area contributed by atoms with E-state index in [4.69, 9.17) is 9.72 Å². The number of nitrogens with one attached hydrogen (secondary N) is 1. The number of amides is 1. The first-order chi connectivity index (χ1) is 14.6. The Morgan fingerprint density at radius 3 is 2.97 bits per heavy atom. The first-order valence-corrected chi connectivity index (χ1v) is 12.1. The van der Waals surface area contributed by atoms with E-state index in [2.05, 4.69) is 22.0 Å². The Hall–Kier alpha value is -1.86. The summed E-state index contributed by atoms with van der Waals surface area (Å²) in [5, 5.41) is 4.20. The average Bonchev–Trinajstić information content (AvgIpc) is 3.20. The maximum atomic E-state index is 12.7. The number of carbonyl (C=O) groups excluding carboxylic acids is 1. The van der Waals surface area contributed by atoms with Crippen LogP contribution in [-0.4, -0.2) is 62.2 Å². The van der Waals surface area contributed by atoms with Crippen LogP contribution >= 0.6 is 11.3 Å². The molecule has 1 aromatic carbocycles. The molecule has 6 nitrogen and oxygen atoms in total. The molecule has 0 radical (unpaired) electrons. The van der Waals surface area contributed by atoms with Gasteiger partial charge in [0.05, 0.1) is 23.2 Å². The van der Waals surface area contributed by atoms with Gasteiger partial charge in [0.1, 0.15) is 5.75 Å². The number of benzene rings is 1. The lowest BCUT2D eigenvalue weighted by Crippen LogP contribution is -2.43. The molecule has 164 valence electrons. The Kier molecular flexibility index (Phi) is 7.10. The quantitative estimate of drug-likeness (QED) is 0.678. The molecule has 4 rings (SSSR count). The molecule has 2 saturated heterocycles. The molecule has 0 aliphatic carbocycles. The highest BCUT2D eigenvalue weighted by atomic mass is 32.1. The van der Waals surface area contributed by atoms with Crippen LogP contribution in [0.1, 0.15) is 39.0 Å². The summed E-state index contributed by atoms with van der Waals surface area (Å²) in [6.45, 7) is 8.35. The van der Waals surface area contributed by atoms with Crippen LogP contribution in [0.4, 0.5) is 5.13 Å². The fourth-order valence-electron chi connectivity index (χ4n) is 4.67. The van der Waals surface area contributed by atoms with E-state index in [-0.39, 0.29) is 11.8 Å². The van der Waals surface area contributed by atoms with Gasteiger partial charge in [0.2, 0.25) is 5.91 Å². The lowest BCUT2D eigenvalue weighted by molar-refractivity contribution is -0.125. The average molecular weight is 431 g/mol. The third-order valence-corrected chi connectivity index (χ3v) is 7.42. The van der Waals surface area contributed by atoms with Crippen molar-refractivity contribution in [1.82, 2.24) is 15.2 Å². The molecule has 2 atom stereocenters. The first-order valence-electron chi connectivity index (χ1n) is 11.3. The van der Waals surface area contributed by atoms with Crippen LogP contribution in [0.3, 0.4) is 0 Å². The van der Waals surface area contributed by atoms with Crippen molar-refractivity contribution in [1.29, 1.82) is 0 Å². The number of piperidine rings is 2. The second kappa shape index (κ2) is 9.96. The zero-order valence-corrected chi connectivity index (χ0v) is 19.0. The summed E-state index contributed by atoms with van der Waals surface area (Å²) in [7, 11) is 1.68. The number of rotatable bonds is 7. The highest BCUT2D eigenvalue weighted by Crippen LogP contribution is 2.33. The minimum absolute atomic E-state index is 0.0512. The number of anilines is 1. The van der Waals surface area contributed by atoms with E-state index in [1.807, 2.05) is 18.2 Å². The van der Waals surface area contributed by atoms with Gasteiger partial charge in [-0.3, -0.25) is 4.79 Å². The van der Waals surface area contributed by atoms with Crippen molar-refractivity contribution >= 4 is 32.6 Å². The number of thiazole rings is 1. The lowest BCUT2D eigenvalue weighted by Gasteiger charge is -2.32. The lowest BCUT2D eigenvalue weighted by atomic mass is 9.97. The third-order valence-electron chi connectivity index (χ3n) is 6.34. The minimum Gasteiger partial charge on any atom is -0.497 e. The van der Waals surface area contributed by atoms with Crippen LogP contribution in [0, 0.1) is 11.8 Å². The highest BCUT2D eigenvalue weighted by Gasteiger charge is 2.27. The number of likely N-dealkylation sites (tertiary alicyclic amines) is 1. The van der Waals surface area contributed by atoms with Crippen molar-refractivity contribution in [2.45, 2.75) is 39.0 Å². The maximum Gasteiger partial charge on any atom is 0.224 e. The Morgan fingerprint density at radius 2 is 2.13 bits per heavy atom. The summed E-state index contributed by atoms with van der Waals surface area (Å²) in [6, 6.07) is 5.99. The summed E-state index contributed by atoms with van der Waals surface area (Å²) >= 11 is 1.68. The monoisotopic (exact) mass is 430 g/mol. The molecule has 0 spiro atoms. The molecule has 0 saturated carbocycles. The van der Waals surface area contributed by atoms with Gasteiger partial charge in [-0.25, -0.2) is 4.98 Å². The molecule has 7 heteroatoms.